The molecule has 0 radical (unpaired) electrons. The van der Waals surface area contributed by atoms with Gasteiger partial charge in [-0.05, 0) is 42.2 Å². The number of nitrogens with one attached hydrogen (secondary N) is 1. The summed E-state index contributed by atoms with van der Waals surface area (Å²) in [5, 5.41) is 3.01. The summed E-state index contributed by atoms with van der Waals surface area (Å²) in [6, 6.07) is 9.20. The van der Waals surface area contributed by atoms with Crippen LogP contribution >= 0.6 is 11.6 Å². The monoisotopic (exact) mass is 436 g/mol. The lowest BCUT2D eigenvalue weighted by Gasteiger charge is -2.31. The standard InChI is InChI=1S/C23H27ClF2N2O2/c1-4-21(23(30)27-13-15(2)3)28(14-16-8-10-17(25)11-9-16)22(29)12-18-19(24)6-5-7-20(18)26/h5-11,15,21H,4,12-14H2,1-3H3,(H,27,30). The van der Waals surface area contributed by atoms with Gasteiger partial charge in [-0.3, -0.25) is 9.59 Å². The molecule has 2 aromatic rings. The lowest BCUT2D eigenvalue weighted by atomic mass is 10.1. The van der Waals surface area contributed by atoms with Crippen LogP contribution in [-0.4, -0.2) is 29.3 Å². The van der Waals surface area contributed by atoms with Crippen LogP contribution in [0.1, 0.15) is 38.3 Å². The molecule has 2 rings (SSSR count). The van der Waals surface area contributed by atoms with Crippen molar-refractivity contribution >= 4 is 23.4 Å². The van der Waals surface area contributed by atoms with E-state index in [0.717, 1.165) is 0 Å². The fourth-order valence-electron chi connectivity index (χ4n) is 3.08. The maximum Gasteiger partial charge on any atom is 0.242 e. The van der Waals surface area contributed by atoms with Crippen LogP contribution < -0.4 is 5.32 Å². The van der Waals surface area contributed by atoms with Crippen molar-refractivity contribution in [1.29, 1.82) is 0 Å². The molecule has 1 atom stereocenters. The van der Waals surface area contributed by atoms with Gasteiger partial charge >= 0.3 is 0 Å². The highest BCUT2D eigenvalue weighted by Gasteiger charge is 2.29. The summed E-state index contributed by atoms with van der Waals surface area (Å²) < 4.78 is 27.5. The molecule has 4 nitrogen and oxygen atoms in total. The Morgan fingerprint density at radius 1 is 1.10 bits per heavy atom. The number of rotatable bonds is 9. The second kappa shape index (κ2) is 11.1. The summed E-state index contributed by atoms with van der Waals surface area (Å²) in [6.45, 7) is 6.33. The minimum absolute atomic E-state index is 0.0886. The lowest BCUT2D eigenvalue weighted by molar-refractivity contribution is -0.141. The molecule has 0 saturated carbocycles. The number of amides is 2. The number of carbonyl (C=O) groups excluding carboxylic acids is 2. The van der Waals surface area contributed by atoms with Gasteiger partial charge in [0.25, 0.3) is 0 Å². The molecular weight excluding hydrogens is 410 g/mol. The molecule has 1 N–H and O–H groups in total. The first-order chi connectivity index (χ1) is 14.2. The molecule has 0 fully saturated rings. The fraction of sp³-hybridized carbons (Fsp3) is 0.391. The van der Waals surface area contributed by atoms with Gasteiger partial charge in [-0.15, -0.1) is 0 Å². The molecule has 0 spiro atoms. The summed E-state index contributed by atoms with van der Waals surface area (Å²) in [5.74, 6) is -1.42. The number of benzene rings is 2. The zero-order valence-corrected chi connectivity index (χ0v) is 18.2. The second-order valence-electron chi connectivity index (χ2n) is 7.59. The van der Waals surface area contributed by atoms with Crippen molar-refractivity contribution in [2.75, 3.05) is 6.54 Å². The van der Waals surface area contributed by atoms with Crippen molar-refractivity contribution in [3.8, 4) is 0 Å². The Hall–Kier alpha value is -2.47. The SMILES string of the molecule is CCC(C(=O)NCC(C)C)N(Cc1ccc(F)cc1)C(=O)Cc1c(F)cccc1Cl. The zero-order chi connectivity index (χ0) is 22.3. The number of carbonyl (C=O) groups is 2. The molecule has 162 valence electrons. The molecule has 0 aliphatic rings. The molecule has 7 heteroatoms. The molecule has 0 aliphatic heterocycles. The normalized spacial score (nSPS) is 12.0. The lowest BCUT2D eigenvalue weighted by Crippen LogP contribution is -2.50. The van der Waals surface area contributed by atoms with E-state index in [9.17, 15) is 18.4 Å². The smallest absolute Gasteiger partial charge is 0.242 e. The van der Waals surface area contributed by atoms with Crippen LogP contribution in [0.15, 0.2) is 42.5 Å². The van der Waals surface area contributed by atoms with Gasteiger partial charge in [0, 0.05) is 23.7 Å². The van der Waals surface area contributed by atoms with Gasteiger partial charge in [0.2, 0.25) is 11.8 Å². The summed E-state index contributed by atoms with van der Waals surface area (Å²) in [4.78, 5) is 27.4. The van der Waals surface area contributed by atoms with Crippen molar-refractivity contribution in [3.05, 3.63) is 70.2 Å². The van der Waals surface area contributed by atoms with E-state index in [1.807, 2.05) is 13.8 Å². The van der Waals surface area contributed by atoms with E-state index in [0.29, 0.717) is 18.5 Å². The first-order valence-electron chi connectivity index (χ1n) is 9.97. The Labute approximate surface area is 181 Å². The van der Waals surface area contributed by atoms with Gasteiger partial charge in [-0.25, -0.2) is 8.78 Å². The first kappa shape index (κ1) is 23.8. The Morgan fingerprint density at radius 3 is 2.33 bits per heavy atom. The summed E-state index contributed by atoms with van der Waals surface area (Å²) in [5.41, 5.74) is 0.755. The number of halogens is 3. The Bertz CT molecular complexity index is 852. The molecule has 30 heavy (non-hydrogen) atoms. The van der Waals surface area contributed by atoms with E-state index in [-0.39, 0.29) is 35.4 Å². The van der Waals surface area contributed by atoms with Crippen LogP contribution in [-0.2, 0) is 22.6 Å². The van der Waals surface area contributed by atoms with E-state index in [4.69, 9.17) is 11.6 Å². The molecule has 0 heterocycles. The predicted molar refractivity (Wildman–Crippen MR) is 114 cm³/mol. The van der Waals surface area contributed by atoms with Gasteiger partial charge < -0.3 is 10.2 Å². The van der Waals surface area contributed by atoms with E-state index in [1.165, 1.54) is 35.2 Å². The first-order valence-corrected chi connectivity index (χ1v) is 10.3. The van der Waals surface area contributed by atoms with Gasteiger partial charge in [0.05, 0.1) is 6.42 Å². The Balaban J connectivity index is 2.32. The highest BCUT2D eigenvalue weighted by Crippen LogP contribution is 2.22. The maximum absolute atomic E-state index is 14.2. The quantitative estimate of drug-likeness (QED) is 0.617. The van der Waals surface area contributed by atoms with Crippen molar-refractivity contribution in [3.63, 3.8) is 0 Å². The van der Waals surface area contributed by atoms with Crippen molar-refractivity contribution < 1.29 is 18.4 Å². The van der Waals surface area contributed by atoms with Crippen LogP contribution in [0.2, 0.25) is 5.02 Å². The summed E-state index contributed by atoms with van der Waals surface area (Å²) >= 11 is 6.08. The average Bonchev–Trinajstić information content (AvgIpc) is 2.70. The van der Waals surface area contributed by atoms with Gasteiger partial charge in [0.15, 0.2) is 0 Å². The highest BCUT2D eigenvalue weighted by molar-refractivity contribution is 6.31. The Kier molecular flexibility index (Phi) is 8.78. The summed E-state index contributed by atoms with van der Waals surface area (Å²) in [6.07, 6.45) is 0.0997. The largest absolute Gasteiger partial charge is 0.354 e. The van der Waals surface area contributed by atoms with Crippen molar-refractivity contribution in [2.45, 2.75) is 46.2 Å². The van der Waals surface area contributed by atoms with Gasteiger partial charge in [-0.1, -0.05) is 50.6 Å². The van der Waals surface area contributed by atoms with Crippen molar-refractivity contribution in [1.82, 2.24) is 10.2 Å². The summed E-state index contributed by atoms with van der Waals surface area (Å²) in [7, 11) is 0. The van der Waals surface area contributed by atoms with E-state index in [1.54, 1.807) is 19.1 Å². The topological polar surface area (TPSA) is 49.4 Å². The maximum atomic E-state index is 14.2. The third-order valence-electron chi connectivity index (χ3n) is 4.73. The third-order valence-corrected chi connectivity index (χ3v) is 5.08. The van der Waals surface area contributed by atoms with Crippen LogP contribution in [0, 0.1) is 17.6 Å². The average molecular weight is 437 g/mol. The minimum Gasteiger partial charge on any atom is -0.354 e. The van der Waals surface area contributed by atoms with Crippen LogP contribution in [0.4, 0.5) is 8.78 Å². The van der Waals surface area contributed by atoms with Crippen LogP contribution in [0.5, 0.6) is 0 Å². The highest BCUT2D eigenvalue weighted by atomic mass is 35.5. The van der Waals surface area contributed by atoms with E-state index >= 15 is 0 Å². The number of hydrogen-bond acceptors (Lipinski definition) is 2. The van der Waals surface area contributed by atoms with Crippen molar-refractivity contribution in [2.24, 2.45) is 5.92 Å². The molecule has 1 unspecified atom stereocenters. The molecular formula is C23H27ClF2N2O2. The van der Waals surface area contributed by atoms with E-state index < -0.39 is 23.6 Å². The molecule has 0 saturated heterocycles. The van der Waals surface area contributed by atoms with Gasteiger partial charge in [0.1, 0.15) is 17.7 Å². The third kappa shape index (κ3) is 6.52. The van der Waals surface area contributed by atoms with Gasteiger partial charge in [-0.2, -0.15) is 0 Å². The zero-order valence-electron chi connectivity index (χ0n) is 17.4. The van der Waals surface area contributed by atoms with E-state index in [2.05, 4.69) is 5.32 Å². The minimum atomic E-state index is -0.744. The number of nitrogens with zero attached hydrogens (tertiary/aromatic N) is 1. The fourth-order valence-corrected chi connectivity index (χ4v) is 3.31. The number of hydrogen-bond donors (Lipinski definition) is 1. The van der Waals surface area contributed by atoms with Crippen LogP contribution in [0.25, 0.3) is 0 Å². The molecule has 2 aromatic carbocycles. The Morgan fingerprint density at radius 2 is 1.77 bits per heavy atom. The molecule has 0 aliphatic carbocycles. The van der Waals surface area contributed by atoms with Crippen LogP contribution in [0.3, 0.4) is 0 Å². The second-order valence-corrected chi connectivity index (χ2v) is 8.00. The predicted octanol–water partition coefficient (Wildman–Crippen LogP) is 4.74. The molecule has 0 aromatic heterocycles. The molecule has 0 bridgehead atoms. The molecule has 2 amide bonds.